The number of aliphatic imine (C=N–C) groups is 1. The van der Waals surface area contributed by atoms with Gasteiger partial charge in [-0.25, -0.2) is 8.42 Å². The Bertz CT molecular complexity index is 409. The van der Waals surface area contributed by atoms with Crippen LogP contribution in [0.3, 0.4) is 0 Å². The number of rotatable bonds is 6. The van der Waals surface area contributed by atoms with Crippen molar-refractivity contribution < 1.29 is 13.2 Å². The molecule has 1 N–H and O–H groups in total. The molecule has 0 bridgehead atoms. The average Bonchev–Trinajstić information content (AvgIpc) is 2.41. The number of guanidine groups is 1. The van der Waals surface area contributed by atoms with Crippen molar-refractivity contribution in [2.45, 2.75) is 19.3 Å². The number of nitrogens with one attached hydrogen (secondary N) is 1. The highest BCUT2D eigenvalue weighted by atomic mass is 127. The molecule has 8 heteroatoms. The first-order valence-corrected chi connectivity index (χ1v) is 9.15. The molecule has 0 aromatic heterocycles. The summed E-state index contributed by atoms with van der Waals surface area (Å²) in [6.07, 6.45) is 4.63. The van der Waals surface area contributed by atoms with Crippen molar-refractivity contribution in [1.82, 2.24) is 10.2 Å². The summed E-state index contributed by atoms with van der Waals surface area (Å²) < 4.78 is 27.5. The second kappa shape index (κ2) is 10.6. The van der Waals surface area contributed by atoms with Crippen molar-refractivity contribution >= 4 is 39.8 Å². The van der Waals surface area contributed by atoms with Crippen LogP contribution in [0.2, 0.25) is 0 Å². The molecule has 0 aromatic carbocycles. The standard InChI is InChI=1S/C13H27N3O3S.HI/c1-14-13(15-7-11-20(3,17)18)16(2)8-4-12-5-9-19-10-6-12;/h12H,4-11H2,1-3H3,(H,14,15);1H. The van der Waals surface area contributed by atoms with E-state index in [2.05, 4.69) is 15.2 Å². The lowest BCUT2D eigenvalue weighted by atomic mass is 9.96. The van der Waals surface area contributed by atoms with E-state index in [1.54, 1.807) is 7.05 Å². The molecule has 6 nitrogen and oxygen atoms in total. The Labute approximate surface area is 145 Å². The van der Waals surface area contributed by atoms with Gasteiger partial charge in [0.25, 0.3) is 0 Å². The third kappa shape index (κ3) is 9.51. The van der Waals surface area contributed by atoms with Crippen LogP contribution in [0.25, 0.3) is 0 Å². The number of ether oxygens (including phenoxy) is 1. The van der Waals surface area contributed by atoms with E-state index in [1.807, 2.05) is 7.05 Å². The van der Waals surface area contributed by atoms with Crippen molar-refractivity contribution in [3.63, 3.8) is 0 Å². The van der Waals surface area contributed by atoms with E-state index < -0.39 is 9.84 Å². The van der Waals surface area contributed by atoms with Crippen molar-refractivity contribution in [2.24, 2.45) is 10.9 Å². The molecular formula is C13H28IN3O3S. The Hall–Kier alpha value is -0.0900. The monoisotopic (exact) mass is 433 g/mol. The summed E-state index contributed by atoms with van der Waals surface area (Å²) in [5, 5.41) is 3.09. The van der Waals surface area contributed by atoms with E-state index in [0.717, 1.165) is 50.9 Å². The van der Waals surface area contributed by atoms with Gasteiger partial charge in [0.05, 0.1) is 5.75 Å². The maximum absolute atomic E-state index is 11.1. The first kappa shape index (κ1) is 20.9. The maximum Gasteiger partial charge on any atom is 0.193 e. The molecule has 0 radical (unpaired) electrons. The summed E-state index contributed by atoms with van der Waals surface area (Å²) in [4.78, 5) is 6.24. The topological polar surface area (TPSA) is 71.0 Å². The minimum absolute atomic E-state index is 0. The second-order valence-corrected chi connectivity index (χ2v) is 7.63. The molecular weight excluding hydrogens is 405 g/mol. The number of hydrogen-bond donors (Lipinski definition) is 1. The molecule has 0 unspecified atom stereocenters. The van der Waals surface area contributed by atoms with Gasteiger partial charge >= 0.3 is 0 Å². The van der Waals surface area contributed by atoms with Crippen LogP contribution in [0.1, 0.15) is 19.3 Å². The molecule has 0 amide bonds. The van der Waals surface area contributed by atoms with Crippen LogP contribution in [-0.2, 0) is 14.6 Å². The Morgan fingerprint density at radius 1 is 1.38 bits per heavy atom. The van der Waals surface area contributed by atoms with Gasteiger partial charge < -0.3 is 15.0 Å². The highest BCUT2D eigenvalue weighted by molar-refractivity contribution is 14.0. The zero-order valence-electron chi connectivity index (χ0n) is 13.2. The van der Waals surface area contributed by atoms with Crippen LogP contribution in [-0.4, -0.2) is 71.7 Å². The molecule has 1 aliphatic rings. The van der Waals surface area contributed by atoms with E-state index in [0.29, 0.717) is 6.54 Å². The summed E-state index contributed by atoms with van der Waals surface area (Å²) in [5.41, 5.74) is 0. The Morgan fingerprint density at radius 3 is 2.52 bits per heavy atom. The van der Waals surface area contributed by atoms with Gasteiger partial charge in [0.2, 0.25) is 0 Å². The Balaban J connectivity index is 0.00000400. The summed E-state index contributed by atoms with van der Waals surface area (Å²) in [7, 11) is 0.764. The number of nitrogens with zero attached hydrogens (tertiary/aromatic N) is 2. The molecule has 1 aliphatic heterocycles. The van der Waals surface area contributed by atoms with Crippen molar-refractivity contribution in [3.05, 3.63) is 0 Å². The highest BCUT2D eigenvalue weighted by Crippen LogP contribution is 2.18. The van der Waals surface area contributed by atoms with Crippen LogP contribution >= 0.6 is 24.0 Å². The molecule has 1 heterocycles. The third-order valence-corrected chi connectivity index (χ3v) is 4.49. The summed E-state index contributed by atoms with van der Waals surface area (Å²) in [6.45, 7) is 3.06. The van der Waals surface area contributed by atoms with E-state index in [4.69, 9.17) is 4.74 Å². The minimum atomic E-state index is -2.93. The van der Waals surface area contributed by atoms with Gasteiger partial charge in [-0.05, 0) is 25.2 Å². The fourth-order valence-corrected chi connectivity index (χ4v) is 2.72. The fraction of sp³-hybridized carbons (Fsp3) is 0.923. The van der Waals surface area contributed by atoms with E-state index >= 15 is 0 Å². The SMILES string of the molecule is CN=C(NCCS(C)(=O)=O)N(C)CCC1CCOCC1.I. The normalized spacial score (nSPS) is 17.2. The lowest BCUT2D eigenvalue weighted by Crippen LogP contribution is -2.41. The molecule has 1 fully saturated rings. The highest BCUT2D eigenvalue weighted by Gasteiger charge is 2.15. The van der Waals surface area contributed by atoms with Crippen molar-refractivity contribution in [3.8, 4) is 0 Å². The van der Waals surface area contributed by atoms with Crippen molar-refractivity contribution in [1.29, 1.82) is 0 Å². The zero-order chi connectivity index (χ0) is 15.0. The summed E-state index contributed by atoms with van der Waals surface area (Å²) in [5.74, 6) is 1.60. The molecule has 21 heavy (non-hydrogen) atoms. The zero-order valence-corrected chi connectivity index (χ0v) is 16.3. The van der Waals surface area contributed by atoms with E-state index in [1.165, 1.54) is 6.26 Å². The quantitative estimate of drug-likeness (QED) is 0.384. The average molecular weight is 433 g/mol. The fourth-order valence-electron chi connectivity index (χ4n) is 2.25. The van der Waals surface area contributed by atoms with Gasteiger partial charge in [-0.3, -0.25) is 4.99 Å². The first-order valence-electron chi connectivity index (χ1n) is 7.09. The predicted octanol–water partition coefficient (Wildman–Crippen LogP) is 0.973. The first-order chi connectivity index (χ1) is 9.42. The van der Waals surface area contributed by atoms with Crippen LogP contribution < -0.4 is 5.32 Å². The predicted molar refractivity (Wildman–Crippen MR) is 97.3 cm³/mol. The van der Waals surface area contributed by atoms with E-state index in [-0.39, 0.29) is 29.7 Å². The smallest absolute Gasteiger partial charge is 0.193 e. The van der Waals surface area contributed by atoms with Gasteiger partial charge in [-0.1, -0.05) is 0 Å². The van der Waals surface area contributed by atoms with Gasteiger partial charge in [-0.15, -0.1) is 24.0 Å². The van der Waals surface area contributed by atoms with Gasteiger partial charge in [0, 0.05) is 46.7 Å². The molecule has 126 valence electrons. The lowest BCUT2D eigenvalue weighted by molar-refractivity contribution is 0.0625. The molecule has 0 saturated carbocycles. The maximum atomic E-state index is 11.1. The lowest BCUT2D eigenvalue weighted by Gasteiger charge is -2.26. The largest absolute Gasteiger partial charge is 0.381 e. The number of hydrogen-bond acceptors (Lipinski definition) is 4. The van der Waals surface area contributed by atoms with Crippen LogP contribution in [0, 0.1) is 5.92 Å². The minimum Gasteiger partial charge on any atom is -0.381 e. The Kier molecular flexibility index (Phi) is 10.6. The molecule has 0 spiro atoms. The summed E-state index contributed by atoms with van der Waals surface area (Å²) in [6, 6.07) is 0. The molecule has 0 aromatic rings. The van der Waals surface area contributed by atoms with Crippen LogP contribution in [0.5, 0.6) is 0 Å². The van der Waals surface area contributed by atoms with Crippen molar-refractivity contribution in [2.75, 3.05) is 52.4 Å². The summed E-state index contributed by atoms with van der Waals surface area (Å²) >= 11 is 0. The second-order valence-electron chi connectivity index (χ2n) is 5.37. The number of sulfone groups is 1. The molecule has 1 rings (SSSR count). The molecule has 1 saturated heterocycles. The Morgan fingerprint density at radius 2 is 2.00 bits per heavy atom. The third-order valence-electron chi connectivity index (χ3n) is 3.54. The van der Waals surface area contributed by atoms with Crippen LogP contribution in [0.15, 0.2) is 4.99 Å². The van der Waals surface area contributed by atoms with E-state index in [9.17, 15) is 8.42 Å². The number of halogens is 1. The van der Waals surface area contributed by atoms with Crippen LogP contribution in [0.4, 0.5) is 0 Å². The van der Waals surface area contributed by atoms with Gasteiger partial charge in [-0.2, -0.15) is 0 Å². The molecule has 0 atom stereocenters. The van der Waals surface area contributed by atoms with Gasteiger partial charge in [0.15, 0.2) is 5.96 Å². The van der Waals surface area contributed by atoms with Gasteiger partial charge in [0.1, 0.15) is 9.84 Å². The molecule has 0 aliphatic carbocycles.